The van der Waals surface area contributed by atoms with Crippen molar-refractivity contribution >= 4 is 16.9 Å². The van der Waals surface area contributed by atoms with Gasteiger partial charge in [0.25, 0.3) is 0 Å². The Kier molecular flexibility index (Phi) is 4.28. The van der Waals surface area contributed by atoms with Crippen molar-refractivity contribution in [1.82, 2.24) is 0 Å². The van der Waals surface area contributed by atoms with E-state index in [0.29, 0.717) is 11.3 Å². The highest BCUT2D eigenvalue weighted by Gasteiger charge is 2.31. The molecule has 0 spiro atoms. The number of fused-ring (bicyclic) bond motifs is 1. The lowest BCUT2D eigenvalue weighted by molar-refractivity contribution is -0.161. The van der Waals surface area contributed by atoms with Crippen molar-refractivity contribution in [3.8, 4) is 5.75 Å². The summed E-state index contributed by atoms with van der Waals surface area (Å²) in [7, 11) is 1.21. The van der Waals surface area contributed by atoms with Gasteiger partial charge in [-0.15, -0.1) is 0 Å². The first-order valence-corrected chi connectivity index (χ1v) is 6.40. The molecule has 0 fully saturated rings. The van der Waals surface area contributed by atoms with Crippen LogP contribution in [0.3, 0.4) is 0 Å². The van der Waals surface area contributed by atoms with Gasteiger partial charge in [0.05, 0.1) is 13.7 Å². The Morgan fingerprint density at radius 1 is 1.33 bits per heavy atom. The number of carbonyl (C=O) groups is 1. The summed E-state index contributed by atoms with van der Waals surface area (Å²) in [5, 5.41) is 10.6. The molecule has 21 heavy (non-hydrogen) atoms. The molecule has 0 aliphatic rings. The summed E-state index contributed by atoms with van der Waals surface area (Å²) in [5.74, 6) is -0.229. The normalized spacial score (nSPS) is 13.7. The van der Waals surface area contributed by atoms with E-state index in [1.165, 1.54) is 20.1 Å². The van der Waals surface area contributed by atoms with E-state index in [0.717, 1.165) is 5.39 Å². The molecule has 0 radical (unpaired) electrons. The lowest BCUT2D eigenvalue weighted by Crippen LogP contribution is -2.37. The summed E-state index contributed by atoms with van der Waals surface area (Å²) in [5.41, 5.74) is -1.62. The van der Waals surface area contributed by atoms with Crippen molar-refractivity contribution in [2.45, 2.75) is 18.9 Å². The van der Waals surface area contributed by atoms with Crippen molar-refractivity contribution in [3.63, 3.8) is 0 Å². The Hall–Kier alpha value is -2.34. The smallest absolute Gasteiger partial charge is 0.337 e. The molecule has 2 rings (SSSR count). The van der Waals surface area contributed by atoms with Gasteiger partial charge in [-0.2, -0.15) is 0 Å². The quantitative estimate of drug-likeness (QED) is 0.663. The van der Waals surface area contributed by atoms with E-state index in [1.807, 2.05) is 0 Å². The third-order valence-corrected chi connectivity index (χ3v) is 3.08. The zero-order chi connectivity index (χ0) is 15.5. The number of esters is 1. The molecule has 1 aromatic heterocycles. The maximum Gasteiger partial charge on any atom is 0.337 e. The zero-order valence-corrected chi connectivity index (χ0v) is 11.8. The first-order chi connectivity index (χ1) is 9.92. The maximum atomic E-state index is 11.3. The number of benzene rings is 1. The van der Waals surface area contributed by atoms with E-state index in [2.05, 4.69) is 4.74 Å². The van der Waals surface area contributed by atoms with Crippen LogP contribution >= 0.6 is 0 Å². The van der Waals surface area contributed by atoms with E-state index in [1.54, 1.807) is 24.3 Å². The second-order valence-electron chi connectivity index (χ2n) is 4.82. The van der Waals surface area contributed by atoms with E-state index in [-0.39, 0.29) is 13.0 Å². The molecule has 2 aromatic rings. The lowest BCUT2D eigenvalue weighted by atomic mass is 10.0. The summed E-state index contributed by atoms with van der Waals surface area (Å²) >= 11 is 0. The van der Waals surface area contributed by atoms with Crippen molar-refractivity contribution in [1.29, 1.82) is 0 Å². The first-order valence-electron chi connectivity index (χ1n) is 6.40. The van der Waals surface area contributed by atoms with Gasteiger partial charge in [-0.3, -0.25) is 0 Å². The van der Waals surface area contributed by atoms with Gasteiger partial charge in [-0.1, -0.05) is 0 Å². The van der Waals surface area contributed by atoms with Gasteiger partial charge in [0, 0.05) is 23.9 Å². The van der Waals surface area contributed by atoms with Gasteiger partial charge in [-0.25, -0.2) is 9.59 Å². The number of methoxy groups -OCH3 is 1. The van der Waals surface area contributed by atoms with Gasteiger partial charge in [-0.05, 0) is 25.1 Å². The Labute approximate surface area is 120 Å². The number of hydrogen-bond acceptors (Lipinski definition) is 6. The Morgan fingerprint density at radius 3 is 2.76 bits per heavy atom. The lowest BCUT2D eigenvalue weighted by Gasteiger charge is -2.20. The average molecular weight is 292 g/mol. The Morgan fingerprint density at radius 2 is 2.05 bits per heavy atom. The fourth-order valence-electron chi connectivity index (χ4n) is 1.82. The van der Waals surface area contributed by atoms with Gasteiger partial charge in [0.15, 0.2) is 5.60 Å². The van der Waals surface area contributed by atoms with Gasteiger partial charge < -0.3 is 19.0 Å². The molecule has 0 unspecified atom stereocenters. The van der Waals surface area contributed by atoms with E-state index >= 15 is 0 Å². The molecular weight excluding hydrogens is 276 g/mol. The standard InChI is InChI=1S/C15H16O6/c1-15(18,14(17)19-2)7-8-20-11-5-3-10-4-6-13(16)21-12(10)9-11/h3-6,9,18H,7-8H2,1-2H3/t15-/m1/s1. The van der Waals surface area contributed by atoms with E-state index < -0.39 is 17.2 Å². The molecule has 0 aliphatic heterocycles. The van der Waals surface area contributed by atoms with Crippen molar-refractivity contribution in [2.24, 2.45) is 0 Å². The highest BCUT2D eigenvalue weighted by Crippen LogP contribution is 2.20. The third kappa shape index (κ3) is 3.61. The van der Waals surface area contributed by atoms with Crippen LogP contribution in [0.1, 0.15) is 13.3 Å². The molecule has 1 aromatic carbocycles. The SMILES string of the molecule is COC(=O)[C@](C)(O)CCOc1ccc2ccc(=O)oc2c1. The highest BCUT2D eigenvalue weighted by molar-refractivity contribution is 5.78. The first kappa shape index (κ1) is 15.1. The second kappa shape index (κ2) is 5.97. The molecule has 0 aliphatic carbocycles. The predicted octanol–water partition coefficient (Wildman–Crippen LogP) is 1.49. The highest BCUT2D eigenvalue weighted by atomic mass is 16.5. The molecular formula is C15H16O6. The largest absolute Gasteiger partial charge is 0.493 e. The van der Waals surface area contributed by atoms with Crippen molar-refractivity contribution in [2.75, 3.05) is 13.7 Å². The van der Waals surface area contributed by atoms with Crippen LogP contribution in [-0.4, -0.2) is 30.4 Å². The summed E-state index contributed by atoms with van der Waals surface area (Å²) < 4.78 is 15.0. The zero-order valence-electron chi connectivity index (χ0n) is 11.8. The molecule has 1 heterocycles. The molecule has 6 heteroatoms. The number of carbonyl (C=O) groups excluding carboxylic acids is 1. The van der Waals surface area contributed by atoms with Crippen LogP contribution in [0.5, 0.6) is 5.75 Å². The maximum absolute atomic E-state index is 11.3. The van der Waals surface area contributed by atoms with Crippen LogP contribution in [0.25, 0.3) is 11.0 Å². The fraction of sp³-hybridized carbons (Fsp3) is 0.333. The van der Waals surface area contributed by atoms with Gasteiger partial charge in [0.2, 0.25) is 0 Å². The van der Waals surface area contributed by atoms with Gasteiger partial charge in [0.1, 0.15) is 11.3 Å². The minimum absolute atomic E-state index is 0.0798. The summed E-state index contributed by atoms with van der Waals surface area (Å²) in [6.07, 6.45) is 0.0798. The van der Waals surface area contributed by atoms with Crippen LogP contribution in [0.15, 0.2) is 39.5 Å². The van der Waals surface area contributed by atoms with E-state index in [4.69, 9.17) is 9.15 Å². The number of rotatable bonds is 5. The minimum Gasteiger partial charge on any atom is -0.493 e. The predicted molar refractivity (Wildman–Crippen MR) is 75.2 cm³/mol. The molecule has 0 bridgehead atoms. The van der Waals surface area contributed by atoms with Crippen LogP contribution in [0.2, 0.25) is 0 Å². The van der Waals surface area contributed by atoms with E-state index in [9.17, 15) is 14.7 Å². The van der Waals surface area contributed by atoms with Crippen LogP contribution in [-0.2, 0) is 9.53 Å². The monoisotopic (exact) mass is 292 g/mol. The number of aliphatic hydroxyl groups is 1. The summed E-state index contributed by atoms with van der Waals surface area (Å²) in [6.45, 7) is 1.48. The number of ether oxygens (including phenoxy) is 2. The molecule has 0 saturated heterocycles. The molecule has 112 valence electrons. The van der Waals surface area contributed by atoms with Crippen LogP contribution in [0.4, 0.5) is 0 Å². The Bertz CT molecular complexity index is 701. The Balaban J connectivity index is 2.04. The van der Waals surface area contributed by atoms with Crippen molar-refractivity contribution in [3.05, 3.63) is 40.8 Å². The summed E-state index contributed by atoms with van der Waals surface area (Å²) in [4.78, 5) is 22.5. The minimum atomic E-state index is -1.60. The molecule has 6 nitrogen and oxygen atoms in total. The second-order valence-corrected chi connectivity index (χ2v) is 4.82. The fourth-order valence-corrected chi connectivity index (χ4v) is 1.82. The molecule has 0 amide bonds. The topological polar surface area (TPSA) is 86.0 Å². The third-order valence-electron chi connectivity index (χ3n) is 3.08. The van der Waals surface area contributed by atoms with Crippen LogP contribution in [0, 0.1) is 0 Å². The van der Waals surface area contributed by atoms with Crippen molar-refractivity contribution < 1.29 is 23.8 Å². The molecule has 1 N–H and O–H groups in total. The summed E-state index contributed by atoms with van der Waals surface area (Å²) in [6, 6.07) is 8.06. The molecule has 1 atom stereocenters. The molecule has 0 saturated carbocycles. The van der Waals surface area contributed by atoms with Gasteiger partial charge >= 0.3 is 11.6 Å². The number of hydrogen-bond donors (Lipinski definition) is 1. The van der Waals surface area contributed by atoms with Crippen LogP contribution < -0.4 is 10.4 Å². The average Bonchev–Trinajstić information content (AvgIpc) is 2.45.